The second-order valence-electron chi connectivity index (χ2n) is 5.15. The zero-order chi connectivity index (χ0) is 17.8. The number of carbonyl (C=O) groups excluding carboxylic acids is 2. The lowest BCUT2D eigenvalue weighted by atomic mass is 10.1. The smallest absolute Gasteiger partial charge is 0.361 e. The van der Waals surface area contributed by atoms with Crippen LogP contribution in [0.15, 0.2) is 4.52 Å². The van der Waals surface area contributed by atoms with Crippen molar-refractivity contribution in [2.45, 2.75) is 33.0 Å². The number of amides is 3. The van der Waals surface area contributed by atoms with Crippen LogP contribution in [0.2, 0.25) is 0 Å². The van der Waals surface area contributed by atoms with E-state index in [2.05, 4.69) is 15.8 Å². The third-order valence-electron chi connectivity index (χ3n) is 3.11. The molecule has 0 aliphatic rings. The normalized spacial score (nSPS) is 12.7. The predicted molar refractivity (Wildman–Crippen MR) is 74.6 cm³/mol. The first-order valence-electron chi connectivity index (χ1n) is 6.79. The van der Waals surface area contributed by atoms with Gasteiger partial charge in [0, 0.05) is 12.6 Å². The van der Waals surface area contributed by atoms with E-state index < -0.39 is 37.2 Å². The van der Waals surface area contributed by atoms with Crippen molar-refractivity contribution in [2.75, 3.05) is 20.1 Å². The second kappa shape index (κ2) is 7.34. The molecule has 0 bridgehead atoms. The van der Waals surface area contributed by atoms with Crippen LogP contribution in [0.1, 0.15) is 30.0 Å². The van der Waals surface area contributed by atoms with Crippen molar-refractivity contribution in [2.24, 2.45) is 0 Å². The first-order valence-corrected chi connectivity index (χ1v) is 6.79. The molecule has 1 rings (SSSR count). The highest BCUT2D eigenvalue weighted by Gasteiger charge is 2.31. The summed E-state index contributed by atoms with van der Waals surface area (Å²) < 4.78 is 41.5. The minimum absolute atomic E-state index is 0.427. The third kappa shape index (κ3) is 5.80. The number of carbonyl (C=O) groups is 2. The summed E-state index contributed by atoms with van der Waals surface area (Å²) in [5.41, 5.74) is 1.33. The SMILES string of the molecule is Cc1noc(C)c1[C@@H](C)NC(=O)NCC(=O)N(C)CC(F)(F)F. The lowest BCUT2D eigenvalue weighted by Crippen LogP contribution is -2.45. The van der Waals surface area contributed by atoms with Crippen molar-refractivity contribution >= 4 is 11.9 Å². The molecule has 10 heteroatoms. The van der Waals surface area contributed by atoms with Gasteiger partial charge >= 0.3 is 12.2 Å². The van der Waals surface area contributed by atoms with Crippen LogP contribution in [-0.2, 0) is 4.79 Å². The summed E-state index contributed by atoms with van der Waals surface area (Å²) in [6.07, 6.45) is -4.48. The van der Waals surface area contributed by atoms with Crippen molar-refractivity contribution < 1.29 is 27.3 Å². The fourth-order valence-electron chi connectivity index (χ4n) is 2.08. The fourth-order valence-corrected chi connectivity index (χ4v) is 2.08. The predicted octanol–water partition coefficient (Wildman–Crippen LogP) is 1.67. The zero-order valence-electron chi connectivity index (χ0n) is 13.2. The van der Waals surface area contributed by atoms with Crippen molar-refractivity contribution in [1.29, 1.82) is 0 Å². The molecule has 0 aromatic carbocycles. The van der Waals surface area contributed by atoms with Gasteiger partial charge in [-0.2, -0.15) is 13.2 Å². The number of hydrogen-bond donors (Lipinski definition) is 2. The van der Waals surface area contributed by atoms with Gasteiger partial charge < -0.3 is 20.1 Å². The maximum Gasteiger partial charge on any atom is 0.406 e. The number of rotatable bonds is 5. The maximum absolute atomic E-state index is 12.2. The topological polar surface area (TPSA) is 87.5 Å². The number of halogens is 3. The van der Waals surface area contributed by atoms with E-state index in [1.807, 2.05) is 0 Å². The Hall–Kier alpha value is -2.26. The van der Waals surface area contributed by atoms with Crippen LogP contribution < -0.4 is 10.6 Å². The van der Waals surface area contributed by atoms with E-state index in [1.54, 1.807) is 20.8 Å². The van der Waals surface area contributed by atoms with Gasteiger partial charge in [-0.15, -0.1) is 0 Å². The Morgan fingerprint density at radius 2 is 1.96 bits per heavy atom. The minimum Gasteiger partial charge on any atom is -0.361 e. The molecule has 1 aromatic rings. The summed E-state index contributed by atoms with van der Waals surface area (Å²) in [4.78, 5) is 23.7. The average molecular weight is 336 g/mol. The van der Waals surface area contributed by atoms with Crippen LogP contribution >= 0.6 is 0 Å². The Balaban J connectivity index is 2.47. The maximum atomic E-state index is 12.2. The van der Waals surface area contributed by atoms with Crippen molar-refractivity contribution in [3.63, 3.8) is 0 Å². The van der Waals surface area contributed by atoms with Gasteiger partial charge in [0.2, 0.25) is 5.91 Å². The number of urea groups is 1. The van der Waals surface area contributed by atoms with Crippen LogP contribution in [0.4, 0.5) is 18.0 Å². The molecule has 130 valence electrons. The van der Waals surface area contributed by atoms with Crippen LogP contribution in [0.3, 0.4) is 0 Å². The van der Waals surface area contributed by atoms with Gasteiger partial charge in [0.25, 0.3) is 0 Å². The molecule has 7 nitrogen and oxygen atoms in total. The molecular weight excluding hydrogens is 317 g/mol. The number of likely N-dealkylation sites (N-methyl/N-ethyl adjacent to an activating group) is 1. The molecule has 1 heterocycles. The van der Waals surface area contributed by atoms with Gasteiger partial charge in [0.1, 0.15) is 12.3 Å². The van der Waals surface area contributed by atoms with Crippen molar-refractivity contribution in [3.8, 4) is 0 Å². The molecule has 0 fully saturated rings. The highest BCUT2D eigenvalue weighted by Crippen LogP contribution is 2.20. The number of aromatic nitrogens is 1. The number of alkyl halides is 3. The summed E-state index contributed by atoms with van der Waals surface area (Å²) in [7, 11) is 1.02. The quantitative estimate of drug-likeness (QED) is 0.856. The van der Waals surface area contributed by atoms with E-state index in [0.29, 0.717) is 21.9 Å². The molecule has 0 aliphatic heterocycles. The van der Waals surface area contributed by atoms with E-state index in [1.165, 1.54) is 0 Å². The van der Waals surface area contributed by atoms with E-state index >= 15 is 0 Å². The summed E-state index contributed by atoms with van der Waals surface area (Å²) in [5.74, 6) is -0.293. The molecule has 0 aliphatic carbocycles. The van der Waals surface area contributed by atoms with Crippen LogP contribution in [-0.4, -0.2) is 48.3 Å². The van der Waals surface area contributed by atoms with E-state index in [9.17, 15) is 22.8 Å². The van der Waals surface area contributed by atoms with Gasteiger partial charge in [0.15, 0.2) is 0 Å². The molecule has 3 amide bonds. The number of nitrogens with one attached hydrogen (secondary N) is 2. The largest absolute Gasteiger partial charge is 0.406 e. The summed E-state index contributed by atoms with van der Waals surface area (Å²) in [5, 5.41) is 8.55. The fraction of sp³-hybridized carbons (Fsp3) is 0.615. The number of hydrogen-bond acceptors (Lipinski definition) is 4. The molecule has 0 spiro atoms. The Labute approximate surface area is 131 Å². The van der Waals surface area contributed by atoms with Crippen molar-refractivity contribution in [1.82, 2.24) is 20.7 Å². The Bertz CT molecular complexity index is 552. The van der Waals surface area contributed by atoms with Crippen LogP contribution in [0.25, 0.3) is 0 Å². The van der Waals surface area contributed by atoms with E-state index in [0.717, 1.165) is 7.05 Å². The van der Waals surface area contributed by atoms with Gasteiger partial charge in [0.05, 0.1) is 18.3 Å². The van der Waals surface area contributed by atoms with Crippen molar-refractivity contribution in [3.05, 3.63) is 17.0 Å². The Morgan fingerprint density at radius 1 is 1.35 bits per heavy atom. The standard InChI is InChI=1S/C13H19F3N4O3/c1-7(11-8(2)19-23-9(11)3)18-12(22)17-5-10(21)20(4)6-13(14,15)16/h7H,5-6H2,1-4H3,(H2,17,18,22)/t7-/m1/s1. The molecule has 0 radical (unpaired) electrons. The zero-order valence-corrected chi connectivity index (χ0v) is 13.2. The summed E-state index contributed by atoms with van der Waals surface area (Å²) in [6.45, 7) is 3.21. The van der Waals surface area contributed by atoms with Gasteiger partial charge in [-0.3, -0.25) is 4.79 Å². The van der Waals surface area contributed by atoms with Gasteiger partial charge in [-0.1, -0.05) is 5.16 Å². The summed E-state index contributed by atoms with van der Waals surface area (Å²) in [6, 6.07) is -1.10. The molecule has 23 heavy (non-hydrogen) atoms. The number of nitrogens with zero attached hydrogens (tertiary/aromatic N) is 2. The Kier molecular flexibility index (Phi) is 5.99. The molecule has 0 saturated carbocycles. The molecule has 0 unspecified atom stereocenters. The first kappa shape index (κ1) is 18.8. The molecule has 0 saturated heterocycles. The lowest BCUT2D eigenvalue weighted by Gasteiger charge is -2.19. The number of aryl methyl sites for hydroxylation is 2. The first-order chi connectivity index (χ1) is 10.5. The molecule has 1 atom stereocenters. The lowest BCUT2D eigenvalue weighted by molar-refractivity contribution is -0.157. The highest BCUT2D eigenvalue weighted by atomic mass is 19.4. The molecule has 1 aromatic heterocycles. The van der Waals surface area contributed by atoms with Gasteiger partial charge in [-0.05, 0) is 20.8 Å². The summed E-state index contributed by atoms with van der Waals surface area (Å²) >= 11 is 0. The Morgan fingerprint density at radius 3 is 2.43 bits per heavy atom. The van der Waals surface area contributed by atoms with E-state index in [4.69, 9.17) is 4.52 Å². The monoisotopic (exact) mass is 336 g/mol. The minimum atomic E-state index is -4.48. The average Bonchev–Trinajstić information content (AvgIpc) is 2.73. The molecule has 2 N–H and O–H groups in total. The second-order valence-corrected chi connectivity index (χ2v) is 5.15. The molecular formula is C13H19F3N4O3. The van der Waals surface area contributed by atoms with Gasteiger partial charge in [-0.25, -0.2) is 4.79 Å². The van der Waals surface area contributed by atoms with Crippen LogP contribution in [0.5, 0.6) is 0 Å². The third-order valence-corrected chi connectivity index (χ3v) is 3.11. The van der Waals surface area contributed by atoms with E-state index in [-0.39, 0.29) is 0 Å². The highest BCUT2D eigenvalue weighted by molar-refractivity contribution is 5.84. The van der Waals surface area contributed by atoms with Crippen LogP contribution in [0, 0.1) is 13.8 Å².